The Balaban J connectivity index is 2.21. The predicted octanol–water partition coefficient (Wildman–Crippen LogP) is 1.35. The van der Waals surface area contributed by atoms with Crippen molar-refractivity contribution >= 4 is 23.4 Å². The normalized spacial score (nSPS) is 20.1. The highest BCUT2D eigenvalue weighted by molar-refractivity contribution is 6.02. The standard InChI is InChI=1S/C20H23N5O3/c1-4-22-19(26)15(10-21)9-16-18(24-11-13(2)28-14(3)12-24)23-17-7-5-6-8-25(17)20(16)27/h5-9,13-14H,4,11-12H2,1-3H3,(H,22,26)/b15-9+/t13-,14-/m1/s1. The number of fused-ring (bicyclic) bond motifs is 1. The minimum Gasteiger partial charge on any atom is -0.372 e. The summed E-state index contributed by atoms with van der Waals surface area (Å²) in [5.74, 6) is -0.0625. The Labute approximate surface area is 163 Å². The fraction of sp³-hybridized carbons (Fsp3) is 0.400. The van der Waals surface area contributed by atoms with Crippen molar-refractivity contribution in [3.05, 3.63) is 45.9 Å². The zero-order chi connectivity index (χ0) is 20.3. The van der Waals surface area contributed by atoms with Crippen LogP contribution >= 0.6 is 0 Å². The molecule has 0 unspecified atom stereocenters. The summed E-state index contributed by atoms with van der Waals surface area (Å²) in [6, 6.07) is 7.18. The summed E-state index contributed by atoms with van der Waals surface area (Å²) < 4.78 is 7.20. The zero-order valence-electron chi connectivity index (χ0n) is 16.2. The van der Waals surface area contributed by atoms with Gasteiger partial charge in [0.2, 0.25) is 0 Å². The van der Waals surface area contributed by atoms with E-state index in [-0.39, 0.29) is 28.9 Å². The lowest BCUT2D eigenvalue weighted by Crippen LogP contribution is -2.46. The molecule has 0 bridgehead atoms. The SMILES string of the molecule is CCNC(=O)/C(C#N)=C/c1c(N2C[C@@H](C)O[C@H](C)C2)nc2ccccn2c1=O. The van der Waals surface area contributed by atoms with Crippen LogP contribution in [0.15, 0.2) is 34.8 Å². The van der Waals surface area contributed by atoms with Gasteiger partial charge in [-0.2, -0.15) is 5.26 Å². The van der Waals surface area contributed by atoms with E-state index in [1.807, 2.05) is 24.8 Å². The molecule has 1 fully saturated rings. The van der Waals surface area contributed by atoms with Crippen molar-refractivity contribution in [1.29, 1.82) is 5.26 Å². The number of likely N-dealkylation sites (N-methyl/N-ethyl adjacent to an activating group) is 1. The first kappa shape index (κ1) is 19.6. The maximum Gasteiger partial charge on any atom is 0.267 e. The van der Waals surface area contributed by atoms with Crippen LogP contribution in [0.4, 0.5) is 5.82 Å². The van der Waals surface area contributed by atoms with Gasteiger partial charge in [-0.05, 0) is 39.0 Å². The Kier molecular flexibility index (Phi) is 5.76. The van der Waals surface area contributed by atoms with E-state index in [2.05, 4.69) is 10.3 Å². The van der Waals surface area contributed by atoms with E-state index in [1.54, 1.807) is 31.3 Å². The van der Waals surface area contributed by atoms with E-state index in [1.165, 1.54) is 10.5 Å². The second-order valence-corrected chi connectivity index (χ2v) is 6.77. The summed E-state index contributed by atoms with van der Waals surface area (Å²) in [5, 5.41) is 12.0. The molecule has 1 saturated heterocycles. The highest BCUT2D eigenvalue weighted by Crippen LogP contribution is 2.23. The molecular formula is C20H23N5O3. The molecule has 1 aliphatic rings. The van der Waals surface area contributed by atoms with Gasteiger partial charge in [0, 0.05) is 25.8 Å². The molecule has 8 nitrogen and oxygen atoms in total. The third-order valence-electron chi connectivity index (χ3n) is 4.46. The fourth-order valence-corrected chi connectivity index (χ4v) is 3.36. The number of morpholine rings is 1. The molecule has 1 N–H and O–H groups in total. The van der Waals surface area contributed by atoms with E-state index in [0.717, 1.165) is 0 Å². The molecule has 8 heteroatoms. The molecule has 2 atom stereocenters. The topological polar surface area (TPSA) is 99.7 Å². The molecule has 3 rings (SSSR count). The van der Waals surface area contributed by atoms with Crippen molar-refractivity contribution in [3.63, 3.8) is 0 Å². The lowest BCUT2D eigenvalue weighted by atomic mass is 10.1. The van der Waals surface area contributed by atoms with Gasteiger partial charge in [-0.25, -0.2) is 4.98 Å². The molecule has 0 aromatic carbocycles. The first-order valence-corrected chi connectivity index (χ1v) is 9.26. The van der Waals surface area contributed by atoms with Crippen LogP contribution in [0.2, 0.25) is 0 Å². The molecule has 3 heterocycles. The molecule has 0 saturated carbocycles. The first-order chi connectivity index (χ1) is 13.4. The van der Waals surface area contributed by atoms with Crippen molar-refractivity contribution in [2.75, 3.05) is 24.5 Å². The van der Waals surface area contributed by atoms with Gasteiger partial charge in [0.15, 0.2) is 0 Å². The maximum absolute atomic E-state index is 13.2. The van der Waals surface area contributed by atoms with Crippen molar-refractivity contribution in [2.45, 2.75) is 33.0 Å². The Hall–Kier alpha value is -3.18. The molecule has 0 radical (unpaired) electrons. The zero-order valence-corrected chi connectivity index (χ0v) is 16.2. The highest BCUT2D eigenvalue weighted by Gasteiger charge is 2.27. The molecule has 146 valence electrons. The highest BCUT2D eigenvalue weighted by atomic mass is 16.5. The smallest absolute Gasteiger partial charge is 0.267 e. The summed E-state index contributed by atoms with van der Waals surface area (Å²) in [5.41, 5.74) is 0.257. The average molecular weight is 381 g/mol. The van der Waals surface area contributed by atoms with Crippen LogP contribution in [0.25, 0.3) is 11.7 Å². The first-order valence-electron chi connectivity index (χ1n) is 9.26. The molecule has 2 aromatic heterocycles. The van der Waals surface area contributed by atoms with Crippen LogP contribution in [-0.4, -0.2) is 47.1 Å². The Bertz CT molecular complexity index is 1010. The largest absolute Gasteiger partial charge is 0.372 e. The van der Waals surface area contributed by atoms with Gasteiger partial charge in [0.05, 0.1) is 17.8 Å². The Morgan fingerprint density at radius 2 is 2.11 bits per heavy atom. The number of carbonyl (C=O) groups is 1. The second kappa shape index (κ2) is 8.23. The van der Waals surface area contributed by atoms with E-state index in [4.69, 9.17) is 4.74 Å². The predicted molar refractivity (Wildman–Crippen MR) is 106 cm³/mol. The van der Waals surface area contributed by atoms with Crippen molar-refractivity contribution in [2.24, 2.45) is 0 Å². The molecule has 0 spiro atoms. The summed E-state index contributed by atoms with van der Waals surface area (Å²) in [6.07, 6.45) is 2.89. The van der Waals surface area contributed by atoms with Crippen molar-refractivity contribution in [3.8, 4) is 6.07 Å². The molecule has 0 aliphatic carbocycles. The average Bonchev–Trinajstić information content (AvgIpc) is 2.66. The van der Waals surface area contributed by atoms with Crippen LogP contribution in [0, 0.1) is 11.3 Å². The quantitative estimate of drug-likeness (QED) is 0.634. The number of rotatable bonds is 4. The number of amides is 1. The Morgan fingerprint density at radius 1 is 1.39 bits per heavy atom. The van der Waals surface area contributed by atoms with E-state index < -0.39 is 5.91 Å². The number of pyridine rings is 1. The number of carbonyl (C=O) groups excluding carboxylic acids is 1. The number of hydrogen-bond donors (Lipinski definition) is 1. The number of nitrogens with one attached hydrogen (secondary N) is 1. The Morgan fingerprint density at radius 3 is 2.75 bits per heavy atom. The number of hydrogen-bond acceptors (Lipinski definition) is 6. The number of nitriles is 1. The van der Waals surface area contributed by atoms with Crippen LogP contribution < -0.4 is 15.8 Å². The molecule has 28 heavy (non-hydrogen) atoms. The van der Waals surface area contributed by atoms with Gasteiger partial charge in [0.25, 0.3) is 11.5 Å². The lowest BCUT2D eigenvalue weighted by Gasteiger charge is -2.36. The van der Waals surface area contributed by atoms with Gasteiger partial charge in [0.1, 0.15) is 23.1 Å². The van der Waals surface area contributed by atoms with Crippen molar-refractivity contribution < 1.29 is 9.53 Å². The van der Waals surface area contributed by atoms with Crippen LogP contribution in [0.3, 0.4) is 0 Å². The molecular weight excluding hydrogens is 358 g/mol. The lowest BCUT2D eigenvalue weighted by molar-refractivity contribution is -0.116. The maximum atomic E-state index is 13.2. The van der Waals surface area contributed by atoms with Crippen molar-refractivity contribution in [1.82, 2.24) is 14.7 Å². The minimum absolute atomic E-state index is 0.0320. The molecule has 1 amide bonds. The van der Waals surface area contributed by atoms with Gasteiger partial charge in [-0.1, -0.05) is 6.07 Å². The number of ether oxygens (including phenoxy) is 1. The summed E-state index contributed by atoms with van der Waals surface area (Å²) >= 11 is 0. The van der Waals surface area contributed by atoms with Gasteiger partial charge in [-0.3, -0.25) is 14.0 Å². The third-order valence-corrected chi connectivity index (χ3v) is 4.46. The van der Waals surface area contributed by atoms with Crippen LogP contribution in [0.5, 0.6) is 0 Å². The second-order valence-electron chi connectivity index (χ2n) is 6.77. The minimum atomic E-state index is -0.516. The van der Waals surface area contributed by atoms with Gasteiger partial charge >= 0.3 is 0 Å². The van der Waals surface area contributed by atoms with Gasteiger partial charge in [-0.15, -0.1) is 0 Å². The number of nitrogens with zero attached hydrogens (tertiary/aromatic N) is 4. The number of aromatic nitrogens is 2. The summed E-state index contributed by atoms with van der Waals surface area (Å²) in [6.45, 7) is 7.19. The monoisotopic (exact) mass is 381 g/mol. The molecule has 2 aromatic rings. The number of anilines is 1. The summed E-state index contributed by atoms with van der Waals surface area (Å²) in [7, 11) is 0. The van der Waals surface area contributed by atoms with E-state index in [0.29, 0.717) is 31.1 Å². The fourth-order valence-electron chi connectivity index (χ4n) is 3.36. The molecule has 1 aliphatic heterocycles. The van der Waals surface area contributed by atoms with Crippen LogP contribution in [0.1, 0.15) is 26.3 Å². The van der Waals surface area contributed by atoms with E-state index in [9.17, 15) is 14.9 Å². The summed E-state index contributed by atoms with van der Waals surface area (Å²) in [4.78, 5) is 32.0. The van der Waals surface area contributed by atoms with Crippen LogP contribution in [-0.2, 0) is 9.53 Å². The third kappa shape index (κ3) is 3.89. The van der Waals surface area contributed by atoms with Gasteiger partial charge < -0.3 is 15.0 Å². The van der Waals surface area contributed by atoms with E-state index >= 15 is 0 Å².